The summed E-state index contributed by atoms with van der Waals surface area (Å²) in [5.74, 6) is 0.200. The second kappa shape index (κ2) is 5.71. The van der Waals surface area contributed by atoms with Gasteiger partial charge in [-0.2, -0.15) is 0 Å². The first-order valence-corrected chi connectivity index (χ1v) is 6.36. The van der Waals surface area contributed by atoms with Gasteiger partial charge in [0.05, 0.1) is 0 Å². The monoisotopic (exact) mass is 233 g/mol. The van der Waals surface area contributed by atoms with E-state index < -0.39 is 0 Å². The first-order valence-electron chi connectivity index (χ1n) is 6.36. The highest BCUT2D eigenvalue weighted by Crippen LogP contribution is 2.16. The summed E-state index contributed by atoms with van der Waals surface area (Å²) in [6, 6.07) is 6.61. The molecular formula is C14H19NO2. The van der Waals surface area contributed by atoms with E-state index in [9.17, 15) is 9.90 Å². The van der Waals surface area contributed by atoms with Crippen molar-refractivity contribution in [1.82, 2.24) is 4.90 Å². The number of aromatic hydroxyl groups is 1. The van der Waals surface area contributed by atoms with Crippen LogP contribution in [0.1, 0.15) is 42.5 Å². The maximum absolute atomic E-state index is 12.2. The number of nitrogens with zero attached hydrogens (tertiary/aromatic N) is 1. The van der Waals surface area contributed by atoms with E-state index in [4.69, 9.17) is 0 Å². The van der Waals surface area contributed by atoms with Crippen molar-refractivity contribution >= 4 is 5.91 Å². The van der Waals surface area contributed by atoms with Crippen LogP contribution >= 0.6 is 0 Å². The van der Waals surface area contributed by atoms with Gasteiger partial charge in [0.1, 0.15) is 5.75 Å². The van der Waals surface area contributed by atoms with Crippen LogP contribution in [0.25, 0.3) is 0 Å². The van der Waals surface area contributed by atoms with E-state index in [1.54, 1.807) is 24.3 Å². The van der Waals surface area contributed by atoms with Crippen LogP contribution in [0, 0.1) is 0 Å². The van der Waals surface area contributed by atoms with Gasteiger partial charge < -0.3 is 10.0 Å². The maximum Gasteiger partial charge on any atom is 0.253 e. The molecule has 2 rings (SSSR count). The summed E-state index contributed by atoms with van der Waals surface area (Å²) in [6.07, 6.45) is 5.89. The van der Waals surface area contributed by atoms with Gasteiger partial charge in [0.2, 0.25) is 0 Å². The smallest absolute Gasteiger partial charge is 0.253 e. The van der Waals surface area contributed by atoms with Crippen molar-refractivity contribution in [1.29, 1.82) is 0 Å². The Kier molecular flexibility index (Phi) is 4.02. The molecule has 3 heteroatoms. The molecule has 0 saturated carbocycles. The largest absolute Gasteiger partial charge is 0.508 e. The summed E-state index contributed by atoms with van der Waals surface area (Å²) >= 11 is 0. The van der Waals surface area contributed by atoms with Crippen LogP contribution in [-0.4, -0.2) is 29.0 Å². The number of benzene rings is 1. The molecule has 1 heterocycles. The second-order valence-corrected chi connectivity index (χ2v) is 4.61. The molecule has 17 heavy (non-hydrogen) atoms. The number of amides is 1. The standard InChI is InChI=1S/C14H19NO2/c16-13-8-6-7-12(11-13)14(17)15-9-4-2-1-3-5-10-15/h6-8,11,16H,1-5,9-10H2. The van der Waals surface area contributed by atoms with Crippen LogP contribution in [0.2, 0.25) is 0 Å². The van der Waals surface area contributed by atoms with Gasteiger partial charge in [-0.1, -0.05) is 25.3 Å². The Morgan fingerprint density at radius 1 is 1.06 bits per heavy atom. The third-order valence-electron chi connectivity index (χ3n) is 3.24. The second-order valence-electron chi connectivity index (χ2n) is 4.61. The predicted molar refractivity (Wildman–Crippen MR) is 67.1 cm³/mol. The summed E-state index contributed by atoms with van der Waals surface area (Å²) in [5.41, 5.74) is 0.588. The number of phenols is 1. The van der Waals surface area contributed by atoms with Crippen LogP contribution in [0.15, 0.2) is 24.3 Å². The molecule has 0 aliphatic carbocycles. The van der Waals surface area contributed by atoms with Gasteiger partial charge >= 0.3 is 0 Å². The quantitative estimate of drug-likeness (QED) is 0.810. The third-order valence-corrected chi connectivity index (χ3v) is 3.24. The molecule has 0 radical (unpaired) electrons. The van der Waals surface area contributed by atoms with Gasteiger partial charge in [-0.15, -0.1) is 0 Å². The van der Waals surface area contributed by atoms with Crippen molar-refractivity contribution in [3.05, 3.63) is 29.8 Å². The highest BCUT2D eigenvalue weighted by molar-refractivity contribution is 5.94. The number of phenolic OH excluding ortho intramolecular Hbond substituents is 1. The Hall–Kier alpha value is -1.51. The van der Waals surface area contributed by atoms with Gasteiger partial charge in [-0.25, -0.2) is 0 Å². The Balaban J connectivity index is 2.07. The van der Waals surface area contributed by atoms with Crippen LogP contribution in [-0.2, 0) is 0 Å². The lowest BCUT2D eigenvalue weighted by molar-refractivity contribution is 0.0742. The molecule has 1 saturated heterocycles. The van der Waals surface area contributed by atoms with Crippen LogP contribution in [0.5, 0.6) is 5.75 Å². The van der Waals surface area contributed by atoms with Crippen LogP contribution < -0.4 is 0 Å². The third kappa shape index (κ3) is 3.22. The van der Waals surface area contributed by atoms with Crippen LogP contribution in [0.3, 0.4) is 0 Å². The molecule has 0 unspecified atom stereocenters. The van der Waals surface area contributed by atoms with Crippen molar-refractivity contribution in [3.8, 4) is 5.75 Å². The molecule has 1 fully saturated rings. The molecule has 92 valence electrons. The molecule has 1 N–H and O–H groups in total. The molecule has 0 aromatic heterocycles. The van der Waals surface area contributed by atoms with E-state index in [1.165, 1.54) is 19.3 Å². The lowest BCUT2D eigenvalue weighted by Crippen LogP contribution is -2.33. The normalized spacial score (nSPS) is 17.3. The molecule has 1 amide bonds. The fourth-order valence-electron chi connectivity index (χ4n) is 2.27. The Bertz CT molecular complexity index is 382. The zero-order chi connectivity index (χ0) is 12.1. The zero-order valence-electron chi connectivity index (χ0n) is 10.1. The predicted octanol–water partition coefficient (Wildman–Crippen LogP) is 2.80. The van der Waals surface area contributed by atoms with Crippen molar-refractivity contribution in [2.75, 3.05) is 13.1 Å². The number of carbonyl (C=O) groups is 1. The minimum Gasteiger partial charge on any atom is -0.508 e. The van der Waals surface area contributed by atoms with Crippen molar-refractivity contribution in [2.24, 2.45) is 0 Å². The first-order chi connectivity index (χ1) is 8.27. The highest BCUT2D eigenvalue weighted by atomic mass is 16.3. The first kappa shape index (κ1) is 12.0. The molecule has 1 aliphatic rings. The minimum absolute atomic E-state index is 0.0443. The maximum atomic E-state index is 12.2. The summed E-state index contributed by atoms with van der Waals surface area (Å²) in [5, 5.41) is 9.39. The summed E-state index contributed by atoms with van der Waals surface area (Å²) in [6.45, 7) is 1.68. The Labute approximate surface area is 102 Å². The fourth-order valence-corrected chi connectivity index (χ4v) is 2.27. The van der Waals surface area contributed by atoms with E-state index in [0.29, 0.717) is 5.56 Å². The molecule has 0 atom stereocenters. The lowest BCUT2D eigenvalue weighted by Gasteiger charge is -2.24. The average Bonchev–Trinajstić information content (AvgIpc) is 2.28. The molecule has 1 aromatic rings. The van der Waals surface area contributed by atoms with Gasteiger partial charge in [0, 0.05) is 18.7 Å². The SMILES string of the molecule is O=C(c1cccc(O)c1)N1CCCCCCC1. The van der Waals surface area contributed by atoms with E-state index in [2.05, 4.69) is 0 Å². The van der Waals surface area contributed by atoms with E-state index in [-0.39, 0.29) is 11.7 Å². The average molecular weight is 233 g/mol. The van der Waals surface area contributed by atoms with Gasteiger partial charge in [-0.3, -0.25) is 4.79 Å². The highest BCUT2D eigenvalue weighted by Gasteiger charge is 2.16. The van der Waals surface area contributed by atoms with E-state index in [1.807, 2.05) is 4.90 Å². The number of hydrogen-bond donors (Lipinski definition) is 1. The van der Waals surface area contributed by atoms with Crippen molar-refractivity contribution in [2.45, 2.75) is 32.1 Å². The minimum atomic E-state index is 0.0443. The summed E-state index contributed by atoms with van der Waals surface area (Å²) in [7, 11) is 0. The molecule has 0 spiro atoms. The van der Waals surface area contributed by atoms with E-state index in [0.717, 1.165) is 25.9 Å². The molecule has 0 bridgehead atoms. The van der Waals surface area contributed by atoms with E-state index >= 15 is 0 Å². The molecule has 1 aromatic carbocycles. The lowest BCUT2D eigenvalue weighted by atomic mass is 10.1. The fraction of sp³-hybridized carbons (Fsp3) is 0.500. The van der Waals surface area contributed by atoms with Gasteiger partial charge in [-0.05, 0) is 31.0 Å². The number of likely N-dealkylation sites (tertiary alicyclic amines) is 1. The van der Waals surface area contributed by atoms with Gasteiger partial charge in [0.25, 0.3) is 5.91 Å². The Morgan fingerprint density at radius 2 is 1.71 bits per heavy atom. The number of hydrogen-bond acceptors (Lipinski definition) is 2. The number of carbonyl (C=O) groups excluding carboxylic acids is 1. The molecular weight excluding hydrogens is 214 g/mol. The van der Waals surface area contributed by atoms with Crippen molar-refractivity contribution < 1.29 is 9.90 Å². The van der Waals surface area contributed by atoms with Crippen molar-refractivity contribution in [3.63, 3.8) is 0 Å². The number of rotatable bonds is 1. The topological polar surface area (TPSA) is 40.5 Å². The summed E-state index contributed by atoms with van der Waals surface area (Å²) in [4.78, 5) is 14.1. The summed E-state index contributed by atoms with van der Waals surface area (Å²) < 4.78 is 0. The zero-order valence-corrected chi connectivity index (χ0v) is 10.1. The van der Waals surface area contributed by atoms with Crippen LogP contribution in [0.4, 0.5) is 0 Å². The van der Waals surface area contributed by atoms with Gasteiger partial charge in [0.15, 0.2) is 0 Å². The molecule has 1 aliphatic heterocycles. The Morgan fingerprint density at radius 3 is 2.35 bits per heavy atom. The molecule has 3 nitrogen and oxygen atoms in total.